The minimum atomic E-state index is -1.79. The van der Waals surface area contributed by atoms with Crippen molar-refractivity contribution in [2.75, 3.05) is 13.7 Å². The van der Waals surface area contributed by atoms with Gasteiger partial charge in [-0.2, -0.15) is 0 Å². The Morgan fingerprint density at radius 3 is 1.76 bits per heavy atom. The Morgan fingerprint density at radius 1 is 0.717 bits per heavy atom. The number of benzene rings is 2. The smallest absolute Gasteiger partial charge is 0.408 e. The second kappa shape index (κ2) is 15.9. The Balaban J connectivity index is 0.0000106. The maximum absolute atomic E-state index is 13.4. The first kappa shape index (κ1) is 39.9. The highest BCUT2D eigenvalue weighted by Gasteiger charge is 2.43. The molecule has 0 saturated heterocycles. The molecule has 2 rings (SSSR count). The van der Waals surface area contributed by atoms with Gasteiger partial charge in [0.2, 0.25) is 0 Å². The molecule has 0 aliphatic carbocycles. The zero-order chi connectivity index (χ0) is 34.2. The normalized spacial score (nSPS) is 12.8. The summed E-state index contributed by atoms with van der Waals surface area (Å²) in [6, 6.07) is 12.7. The summed E-state index contributed by atoms with van der Waals surface area (Å²) in [6.45, 7) is 14.8. The zero-order valence-electron chi connectivity index (χ0n) is 28.2. The molecule has 1 atom stereocenters. The van der Waals surface area contributed by atoms with Gasteiger partial charge in [0.05, 0.1) is 30.1 Å². The molecule has 12 heteroatoms. The van der Waals surface area contributed by atoms with E-state index in [1.54, 1.807) is 98.7 Å². The Bertz CT molecular complexity index is 1390. The van der Waals surface area contributed by atoms with E-state index in [4.69, 9.17) is 23.7 Å². The number of amides is 1. The Labute approximate surface area is 277 Å². The molecule has 0 saturated carbocycles. The second-order valence-corrected chi connectivity index (χ2v) is 13.7. The first-order chi connectivity index (χ1) is 20.7. The number of carbonyl (C=O) groups is 5. The van der Waals surface area contributed by atoms with Crippen LogP contribution in [-0.2, 0) is 35.0 Å². The molecule has 2 aromatic carbocycles. The third kappa shape index (κ3) is 12.0. The van der Waals surface area contributed by atoms with Crippen LogP contribution in [0.3, 0.4) is 0 Å². The van der Waals surface area contributed by atoms with E-state index in [0.29, 0.717) is 11.1 Å². The van der Waals surface area contributed by atoms with Gasteiger partial charge >= 0.3 is 30.0 Å². The number of hydrogen-bond acceptors (Lipinski definition) is 10. The van der Waals surface area contributed by atoms with Gasteiger partial charge in [0.25, 0.3) is 0 Å². The second-order valence-electron chi connectivity index (χ2n) is 13.7. The lowest BCUT2D eigenvalue weighted by molar-refractivity contribution is -0.149. The van der Waals surface area contributed by atoms with Crippen LogP contribution in [0.1, 0.15) is 84.7 Å². The molecule has 11 nitrogen and oxygen atoms in total. The van der Waals surface area contributed by atoms with Crippen LogP contribution in [-0.4, -0.2) is 54.8 Å². The van der Waals surface area contributed by atoms with Gasteiger partial charge in [0.15, 0.2) is 11.5 Å². The predicted molar refractivity (Wildman–Crippen MR) is 173 cm³/mol. The van der Waals surface area contributed by atoms with Crippen molar-refractivity contribution in [1.29, 1.82) is 0 Å². The van der Waals surface area contributed by atoms with E-state index < -0.39 is 51.9 Å². The van der Waals surface area contributed by atoms with Crippen LogP contribution in [0.2, 0.25) is 0 Å². The number of esters is 4. The van der Waals surface area contributed by atoms with Crippen LogP contribution < -0.4 is 14.8 Å². The molecule has 0 bridgehead atoms. The Hall–Kier alpha value is -4.12. The van der Waals surface area contributed by atoms with Crippen LogP contribution in [0, 0.1) is 10.8 Å². The Kier molecular flexibility index (Phi) is 13.8. The molecule has 0 aliphatic rings. The number of rotatable bonds is 10. The van der Waals surface area contributed by atoms with Crippen LogP contribution >= 0.6 is 12.4 Å². The molecule has 254 valence electrons. The highest BCUT2D eigenvalue weighted by atomic mass is 35.5. The van der Waals surface area contributed by atoms with Crippen LogP contribution in [0.15, 0.2) is 48.5 Å². The Morgan fingerprint density at radius 2 is 1.26 bits per heavy atom. The first-order valence-corrected chi connectivity index (χ1v) is 14.6. The van der Waals surface area contributed by atoms with E-state index in [-0.39, 0.29) is 43.4 Å². The highest BCUT2D eigenvalue weighted by Crippen LogP contribution is 2.34. The number of alkyl carbamates (subject to hydrolysis) is 1. The minimum Gasteiger partial charge on any atom is -0.467 e. The number of carbonyl (C=O) groups excluding carboxylic acids is 5. The molecular weight excluding hydrogens is 618 g/mol. The fraction of sp³-hybridized carbons (Fsp3) is 0.500. The third-order valence-electron chi connectivity index (χ3n) is 6.23. The molecule has 46 heavy (non-hydrogen) atoms. The first-order valence-electron chi connectivity index (χ1n) is 14.6. The van der Waals surface area contributed by atoms with Gasteiger partial charge in [0, 0.05) is 12.8 Å². The molecule has 1 amide bonds. The summed E-state index contributed by atoms with van der Waals surface area (Å²) in [5, 5.41) is 2.63. The van der Waals surface area contributed by atoms with E-state index in [1.165, 1.54) is 12.1 Å². The topological polar surface area (TPSA) is 144 Å². The summed E-state index contributed by atoms with van der Waals surface area (Å²) in [6.07, 6.45) is -1.30. The van der Waals surface area contributed by atoms with Crippen molar-refractivity contribution in [3.8, 4) is 11.5 Å². The molecule has 0 radical (unpaired) electrons. The minimum absolute atomic E-state index is 0. The maximum atomic E-state index is 13.4. The van der Waals surface area contributed by atoms with E-state index in [9.17, 15) is 24.0 Å². The fourth-order valence-electron chi connectivity index (χ4n) is 3.77. The van der Waals surface area contributed by atoms with Gasteiger partial charge in [-0.15, -0.1) is 12.4 Å². The van der Waals surface area contributed by atoms with Gasteiger partial charge < -0.3 is 29.0 Å². The molecule has 0 heterocycles. The van der Waals surface area contributed by atoms with Crippen molar-refractivity contribution in [3.63, 3.8) is 0 Å². The average molecular weight is 664 g/mol. The number of ether oxygens (including phenoxy) is 5. The van der Waals surface area contributed by atoms with E-state index in [1.807, 2.05) is 0 Å². The van der Waals surface area contributed by atoms with Crippen molar-refractivity contribution in [2.24, 2.45) is 10.8 Å². The third-order valence-corrected chi connectivity index (χ3v) is 6.23. The highest BCUT2D eigenvalue weighted by molar-refractivity contribution is 5.89. The molecule has 0 spiro atoms. The summed E-state index contributed by atoms with van der Waals surface area (Å²) in [5.41, 5.74) is -3.71. The zero-order valence-corrected chi connectivity index (χ0v) is 29.0. The average Bonchev–Trinajstić information content (AvgIpc) is 2.92. The monoisotopic (exact) mass is 663 g/mol. The fourth-order valence-corrected chi connectivity index (χ4v) is 3.77. The summed E-state index contributed by atoms with van der Waals surface area (Å²) in [4.78, 5) is 64.6. The number of hydrogen-bond donors (Lipinski definition) is 1. The predicted octanol–water partition coefficient (Wildman–Crippen LogP) is 6.24. The molecule has 1 N–H and O–H groups in total. The standard InChI is InChI=1S/C34H45NO10.ClH/c1-31(2,3)27(37)43-24-17-16-22(20-25(24)44-28(38)32(4,5)6)21-34(29(39)41-10,35-30(40)45-33(7,8)9)18-19-42-26(36)23-14-12-11-13-15-23;/h11-17,20H,18-19,21H2,1-10H3,(H,35,40);1H/t34-;/m1./s1. The summed E-state index contributed by atoms with van der Waals surface area (Å²) < 4.78 is 27.2. The van der Waals surface area contributed by atoms with Crippen molar-refractivity contribution in [2.45, 2.75) is 86.3 Å². The molecule has 0 unspecified atom stereocenters. The van der Waals surface area contributed by atoms with Gasteiger partial charge in [-0.3, -0.25) is 9.59 Å². The number of nitrogens with one attached hydrogen (secondary N) is 1. The largest absolute Gasteiger partial charge is 0.467 e. The van der Waals surface area contributed by atoms with Crippen LogP contribution in [0.25, 0.3) is 0 Å². The van der Waals surface area contributed by atoms with Crippen molar-refractivity contribution in [3.05, 3.63) is 59.7 Å². The SMILES string of the molecule is COC(=O)[C@@](CCOC(=O)c1ccccc1)(Cc1ccc(OC(=O)C(C)(C)C)c(OC(=O)C(C)(C)C)c1)NC(=O)OC(C)(C)C.Cl. The van der Waals surface area contributed by atoms with Gasteiger partial charge in [-0.1, -0.05) is 24.3 Å². The quantitative estimate of drug-likeness (QED) is 0.176. The molecule has 0 fully saturated rings. The van der Waals surface area contributed by atoms with E-state index in [2.05, 4.69) is 5.32 Å². The lowest BCUT2D eigenvalue weighted by Gasteiger charge is -2.33. The van der Waals surface area contributed by atoms with Gasteiger partial charge in [-0.05, 0) is 92.1 Å². The summed E-state index contributed by atoms with van der Waals surface area (Å²) >= 11 is 0. The van der Waals surface area contributed by atoms with E-state index >= 15 is 0 Å². The van der Waals surface area contributed by atoms with Crippen molar-refractivity contribution >= 4 is 42.4 Å². The van der Waals surface area contributed by atoms with Gasteiger partial charge in [0.1, 0.15) is 11.1 Å². The lowest BCUT2D eigenvalue weighted by Crippen LogP contribution is -2.58. The maximum Gasteiger partial charge on any atom is 0.408 e. The molecule has 0 aliphatic heterocycles. The molecular formula is C34H46ClNO10. The van der Waals surface area contributed by atoms with Crippen LogP contribution in [0.4, 0.5) is 4.79 Å². The lowest BCUT2D eigenvalue weighted by atomic mass is 9.87. The van der Waals surface area contributed by atoms with Crippen LogP contribution in [0.5, 0.6) is 11.5 Å². The van der Waals surface area contributed by atoms with E-state index in [0.717, 1.165) is 7.11 Å². The summed E-state index contributed by atoms with van der Waals surface area (Å²) in [7, 11) is 1.16. The number of methoxy groups -OCH3 is 1. The van der Waals surface area contributed by atoms with Crippen molar-refractivity contribution < 1.29 is 47.7 Å². The van der Waals surface area contributed by atoms with Crippen molar-refractivity contribution in [1.82, 2.24) is 5.32 Å². The number of halogens is 1. The molecule has 2 aromatic rings. The molecule has 0 aromatic heterocycles. The summed E-state index contributed by atoms with van der Waals surface area (Å²) in [5.74, 6) is -2.66. The van der Waals surface area contributed by atoms with Gasteiger partial charge in [-0.25, -0.2) is 14.4 Å².